The van der Waals surface area contributed by atoms with Crippen molar-refractivity contribution in [3.63, 3.8) is 0 Å². The van der Waals surface area contributed by atoms with Gasteiger partial charge in [0.05, 0.1) is 19.0 Å². The number of hydrogen-bond donors (Lipinski definition) is 0. The Bertz CT molecular complexity index is 1280. The van der Waals surface area contributed by atoms with Crippen LogP contribution in [0.5, 0.6) is 11.6 Å². The van der Waals surface area contributed by atoms with E-state index in [-0.39, 0.29) is 12.4 Å². The van der Waals surface area contributed by atoms with Gasteiger partial charge in [-0.05, 0) is 43.7 Å². The number of hydrogen-bond acceptors (Lipinski definition) is 7. The van der Waals surface area contributed by atoms with Crippen molar-refractivity contribution in [1.29, 1.82) is 0 Å². The molecule has 0 spiro atoms. The highest BCUT2D eigenvalue weighted by Crippen LogP contribution is 2.39. The van der Waals surface area contributed by atoms with Crippen molar-refractivity contribution in [2.24, 2.45) is 0 Å². The van der Waals surface area contributed by atoms with Crippen LogP contribution in [0.4, 0.5) is 8.78 Å². The molecule has 0 bridgehead atoms. The van der Waals surface area contributed by atoms with E-state index in [0.29, 0.717) is 29.5 Å². The van der Waals surface area contributed by atoms with Crippen molar-refractivity contribution < 1.29 is 27.7 Å². The lowest BCUT2D eigenvalue weighted by atomic mass is 9.95. The number of ether oxygens (including phenoxy) is 4. The van der Waals surface area contributed by atoms with Crippen molar-refractivity contribution in [2.75, 3.05) is 13.2 Å². The standard InChI is InChI=1S/C24H22F2N4O4/c1-23(2)32-15-24(34-23,17-6-4-3-5-7-17)14-31-20-13-27-12-19-28-29-21(30(19)20)16-8-10-18(11-9-16)33-22(25)26/h3-13,22H,14-15H2,1-2H3. The second-order valence-electron chi connectivity index (χ2n) is 8.31. The second kappa shape index (κ2) is 8.62. The number of nitrogens with zero attached hydrogens (tertiary/aromatic N) is 4. The van der Waals surface area contributed by atoms with E-state index in [1.54, 1.807) is 28.9 Å². The summed E-state index contributed by atoms with van der Waals surface area (Å²) in [6, 6.07) is 15.9. The Balaban J connectivity index is 1.47. The van der Waals surface area contributed by atoms with E-state index in [0.717, 1.165) is 5.56 Å². The Morgan fingerprint density at radius 3 is 2.47 bits per heavy atom. The van der Waals surface area contributed by atoms with Crippen LogP contribution in [0.25, 0.3) is 17.0 Å². The van der Waals surface area contributed by atoms with Crippen LogP contribution in [0.3, 0.4) is 0 Å². The molecule has 1 aliphatic rings. The Kier molecular flexibility index (Phi) is 5.62. The summed E-state index contributed by atoms with van der Waals surface area (Å²) in [6.45, 7) is 1.29. The van der Waals surface area contributed by atoms with Gasteiger partial charge in [0.25, 0.3) is 0 Å². The zero-order chi connectivity index (χ0) is 23.8. The quantitative estimate of drug-likeness (QED) is 0.396. The minimum absolute atomic E-state index is 0.0523. The molecule has 1 aliphatic heterocycles. The first-order valence-corrected chi connectivity index (χ1v) is 10.6. The summed E-state index contributed by atoms with van der Waals surface area (Å²) in [7, 11) is 0. The summed E-state index contributed by atoms with van der Waals surface area (Å²) in [5, 5.41) is 8.41. The fourth-order valence-electron chi connectivity index (χ4n) is 3.95. The lowest BCUT2D eigenvalue weighted by Gasteiger charge is -2.29. The third kappa shape index (κ3) is 4.29. The number of halogens is 2. The summed E-state index contributed by atoms with van der Waals surface area (Å²) in [5.41, 5.74) is 1.22. The minimum atomic E-state index is -2.89. The van der Waals surface area contributed by atoms with E-state index in [4.69, 9.17) is 14.2 Å². The molecule has 1 fully saturated rings. The van der Waals surface area contributed by atoms with Gasteiger partial charge in [0.2, 0.25) is 5.88 Å². The molecule has 0 radical (unpaired) electrons. The van der Waals surface area contributed by atoms with Gasteiger partial charge < -0.3 is 18.9 Å². The highest BCUT2D eigenvalue weighted by atomic mass is 19.3. The lowest BCUT2D eigenvalue weighted by molar-refractivity contribution is -0.170. The molecule has 3 heterocycles. The summed E-state index contributed by atoms with van der Waals surface area (Å²) >= 11 is 0. The molecule has 2 aromatic heterocycles. The largest absolute Gasteiger partial charge is 0.474 e. The monoisotopic (exact) mass is 468 g/mol. The zero-order valence-electron chi connectivity index (χ0n) is 18.5. The Morgan fingerprint density at radius 2 is 1.79 bits per heavy atom. The predicted molar refractivity (Wildman–Crippen MR) is 118 cm³/mol. The molecular weight excluding hydrogens is 446 g/mol. The predicted octanol–water partition coefficient (Wildman–Crippen LogP) is 4.45. The van der Waals surface area contributed by atoms with E-state index in [1.807, 2.05) is 44.2 Å². The summed E-state index contributed by atoms with van der Waals surface area (Å²) < 4.78 is 49.5. The maximum absolute atomic E-state index is 12.5. The molecule has 2 aromatic carbocycles. The molecule has 0 N–H and O–H groups in total. The molecule has 5 rings (SSSR count). The van der Waals surface area contributed by atoms with Crippen LogP contribution in [-0.4, -0.2) is 45.2 Å². The second-order valence-corrected chi connectivity index (χ2v) is 8.31. The van der Waals surface area contributed by atoms with E-state index in [2.05, 4.69) is 19.9 Å². The van der Waals surface area contributed by atoms with Crippen LogP contribution in [-0.2, 0) is 15.1 Å². The number of benzene rings is 2. The van der Waals surface area contributed by atoms with Crippen molar-refractivity contribution in [1.82, 2.24) is 19.6 Å². The van der Waals surface area contributed by atoms with Gasteiger partial charge in [-0.1, -0.05) is 30.3 Å². The number of fused-ring (bicyclic) bond motifs is 1. The van der Waals surface area contributed by atoms with Crippen LogP contribution in [0.2, 0.25) is 0 Å². The maximum atomic E-state index is 12.5. The van der Waals surface area contributed by atoms with Gasteiger partial charge in [0.1, 0.15) is 12.4 Å². The molecule has 34 heavy (non-hydrogen) atoms. The average Bonchev–Trinajstić information content (AvgIpc) is 3.40. The Hall–Kier alpha value is -3.63. The van der Waals surface area contributed by atoms with Gasteiger partial charge in [-0.25, -0.2) is 4.40 Å². The topological polar surface area (TPSA) is 80.0 Å². The zero-order valence-corrected chi connectivity index (χ0v) is 18.5. The van der Waals surface area contributed by atoms with Gasteiger partial charge in [-0.15, -0.1) is 10.2 Å². The first-order chi connectivity index (χ1) is 16.4. The summed E-state index contributed by atoms with van der Waals surface area (Å²) in [4.78, 5) is 4.21. The lowest BCUT2D eigenvalue weighted by Crippen LogP contribution is -2.38. The fourth-order valence-corrected chi connectivity index (χ4v) is 3.95. The molecule has 10 heteroatoms. The summed E-state index contributed by atoms with van der Waals surface area (Å²) in [5.74, 6) is 0.145. The molecule has 1 unspecified atom stereocenters. The van der Waals surface area contributed by atoms with E-state index >= 15 is 0 Å². The van der Waals surface area contributed by atoms with E-state index < -0.39 is 18.0 Å². The first-order valence-electron chi connectivity index (χ1n) is 10.6. The molecule has 1 atom stereocenters. The Labute approximate surface area is 194 Å². The van der Waals surface area contributed by atoms with E-state index in [1.165, 1.54) is 12.1 Å². The van der Waals surface area contributed by atoms with Crippen LogP contribution in [0.15, 0.2) is 67.0 Å². The Morgan fingerprint density at radius 1 is 1.03 bits per heavy atom. The van der Waals surface area contributed by atoms with Crippen molar-refractivity contribution in [3.05, 3.63) is 72.6 Å². The van der Waals surface area contributed by atoms with Crippen LogP contribution < -0.4 is 9.47 Å². The first kappa shape index (κ1) is 22.2. The molecular formula is C24H22F2N4O4. The highest BCUT2D eigenvalue weighted by Gasteiger charge is 2.47. The molecule has 4 aromatic rings. The van der Waals surface area contributed by atoms with Crippen LogP contribution in [0, 0.1) is 0 Å². The molecule has 1 saturated heterocycles. The molecule has 0 aliphatic carbocycles. The SMILES string of the molecule is CC1(C)OCC(COc2cncc3nnc(-c4ccc(OC(F)F)cc4)n23)(c2ccccc2)O1. The van der Waals surface area contributed by atoms with Gasteiger partial charge >= 0.3 is 6.61 Å². The average molecular weight is 468 g/mol. The fraction of sp³-hybridized carbons (Fsp3) is 0.292. The van der Waals surface area contributed by atoms with Crippen molar-refractivity contribution in [2.45, 2.75) is 31.8 Å². The smallest absolute Gasteiger partial charge is 0.387 e. The maximum Gasteiger partial charge on any atom is 0.387 e. The van der Waals surface area contributed by atoms with Gasteiger partial charge in [0, 0.05) is 5.56 Å². The number of alkyl halides is 2. The molecule has 176 valence electrons. The molecule has 0 saturated carbocycles. The van der Waals surface area contributed by atoms with Crippen LogP contribution >= 0.6 is 0 Å². The molecule has 0 amide bonds. The third-order valence-electron chi connectivity index (χ3n) is 5.47. The normalized spacial score (nSPS) is 19.6. The summed E-state index contributed by atoms with van der Waals surface area (Å²) in [6.07, 6.45) is 3.12. The van der Waals surface area contributed by atoms with Crippen molar-refractivity contribution in [3.8, 4) is 23.0 Å². The van der Waals surface area contributed by atoms with Gasteiger partial charge in [0.15, 0.2) is 22.9 Å². The van der Waals surface area contributed by atoms with Crippen LogP contribution in [0.1, 0.15) is 19.4 Å². The third-order valence-corrected chi connectivity index (χ3v) is 5.47. The van der Waals surface area contributed by atoms with Crippen molar-refractivity contribution >= 4 is 5.65 Å². The van der Waals surface area contributed by atoms with Gasteiger partial charge in [-0.3, -0.25) is 4.98 Å². The minimum Gasteiger partial charge on any atom is -0.474 e. The van der Waals surface area contributed by atoms with E-state index in [9.17, 15) is 8.78 Å². The molecule has 8 nitrogen and oxygen atoms in total. The number of aromatic nitrogens is 4. The highest BCUT2D eigenvalue weighted by molar-refractivity contribution is 5.61. The van der Waals surface area contributed by atoms with Gasteiger partial charge in [-0.2, -0.15) is 8.78 Å². The number of rotatable bonds is 7.